The number of rotatable bonds is 7. The number of amides is 2. The van der Waals surface area contributed by atoms with Crippen LogP contribution in [-0.4, -0.2) is 48.1 Å². The van der Waals surface area contributed by atoms with Crippen LogP contribution in [0.3, 0.4) is 0 Å². The molecule has 32 heavy (non-hydrogen) atoms. The molecule has 0 saturated carbocycles. The Balaban J connectivity index is 1.59. The molecule has 0 radical (unpaired) electrons. The van der Waals surface area contributed by atoms with Crippen molar-refractivity contribution in [1.82, 2.24) is 10.6 Å². The van der Waals surface area contributed by atoms with E-state index in [9.17, 15) is 14.4 Å². The van der Waals surface area contributed by atoms with Gasteiger partial charge in [0.1, 0.15) is 12.2 Å². The predicted octanol–water partition coefficient (Wildman–Crippen LogP) is 3.89. The second kappa shape index (κ2) is 9.72. The Kier molecular flexibility index (Phi) is 7.02. The third-order valence-electron chi connectivity index (χ3n) is 4.98. The van der Waals surface area contributed by atoms with Crippen LogP contribution in [0.4, 0.5) is 9.59 Å². The Morgan fingerprint density at radius 3 is 2.06 bits per heavy atom. The maximum Gasteiger partial charge on any atom is 0.407 e. The van der Waals surface area contributed by atoms with Gasteiger partial charge in [-0.15, -0.1) is 0 Å². The number of carboxylic acids is 1. The summed E-state index contributed by atoms with van der Waals surface area (Å²) < 4.78 is 10.6. The molecule has 8 heteroatoms. The van der Waals surface area contributed by atoms with Gasteiger partial charge in [-0.25, -0.2) is 9.59 Å². The molecule has 0 fully saturated rings. The molecule has 0 spiro atoms. The first-order chi connectivity index (χ1) is 15.1. The van der Waals surface area contributed by atoms with Crippen LogP contribution in [0.1, 0.15) is 44.2 Å². The van der Waals surface area contributed by atoms with Crippen LogP contribution < -0.4 is 10.6 Å². The first kappa shape index (κ1) is 23.1. The van der Waals surface area contributed by atoms with Gasteiger partial charge in [0.25, 0.3) is 0 Å². The van der Waals surface area contributed by atoms with Crippen LogP contribution in [0, 0.1) is 0 Å². The number of carboxylic acid groups (broad SMARTS) is 1. The van der Waals surface area contributed by atoms with Crippen molar-refractivity contribution in [1.29, 1.82) is 0 Å². The summed E-state index contributed by atoms with van der Waals surface area (Å²) in [5, 5.41) is 14.1. The number of nitrogens with one attached hydrogen (secondary N) is 2. The summed E-state index contributed by atoms with van der Waals surface area (Å²) in [4.78, 5) is 35.4. The van der Waals surface area contributed by atoms with E-state index in [1.807, 2.05) is 48.5 Å². The van der Waals surface area contributed by atoms with Crippen molar-refractivity contribution in [2.45, 2.75) is 44.8 Å². The average molecular weight is 440 g/mol. The Morgan fingerprint density at radius 1 is 0.969 bits per heavy atom. The van der Waals surface area contributed by atoms with E-state index in [0.717, 1.165) is 22.3 Å². The van der Waals surface area contributed by atoms with Crippen molar-refractivity contribution in [3.8, 4) is 11.1 Å². The standard InChI is InChI=1S/C24H28N2O6/c1-24(2,3)32-22(29)25-13-15(12-21(27)28)26-23(30)31-14-20-18-10-6-4-8-16(18)17-9-5-7-11-19(17)20/h4-11,15,20H,12-14H2,1-3H3,(H,25,29)(H,26,30)(H,27,28)/t15-/m0/s1. The summed E-state index contributed by atoms with van der Waals surface area (Å²) >= 11 is 0. The fraction of sp³-hybridized carbons (Fsp3) is 0.375. The van der Waals surface area contributed by atoms with E-state index >= 15 is 0 Å². The second-order valence-corrected chi connectivity index (χ2v) is 8.65. The highest BCUT2D eigenvalue weighted by atomic mass is 16.6. The summed E-state index contributed by atoms with van der Waals surface area (Å²) in [6, 6.07) is 15.1. The third-order valence-corrected chi connectivity index (χ3v) is 4.98. The molecule has 0 unspecified atom stereocenters. The average Bonchev–Trinajstić information content (AvgIpc) is 3.03. The maximum absolute atomic E-state index is 12.4. The van der Waals surface area contributed by atoms with E-state index in [2.05, 4.69) is 10.6 Å². The number of alkyl carbamates (subject to hydrolysis) is 2. The summed E-state index contributed by atoms with van der Waals surface area (Å²) in [6.45, 7) is 5.16. The van der Waals surface area contributed by atoms with Gasteiger partial charge in [-0.2, -0.15) is 0 Å². The van der Waals surface area contributed by atoms with Crippen LogP contribution >= 0.6 is 0 Å². The van der Waals surface area contributed by atoms with Gasteiger partial charge in [-0.05, 0) is 43.0 Å². The number of ether oxygens (including phenoxy) is 2. The second-order valence-electron chi connectivity index (χ2n) is 8.65. The highest BCUT2D eigenvalue weighted by Gasteiger charge is 2.29. The van der Waals surface area contributed by atoms with E-state index in [4.69, 9.17) is 14.6 Å². The maximum atomic E-state index is 12.4. The summed E-state index contributed by atoms with van der Waals surface area (Å²) in [5.41, 5.74) is 3.70. The highest BCUT2D eigenvalue weighted by Crippen LogP contribution is 2.44. The number of hydrogen-bond donors (Lipinski definition) is 3. The van der Waals surface area contributed by atoms with Gasteiger partial charge in [-0.3, -0.25) is 4.79 Å². The Labute approximate surface area is 186 Å². The number of carbonyl (C=O) groups is 3. The molecule has 1 aliphatic rings. The van der Waals surface area contributed by atoms with Crippen LogP contribution in [0.25, 0.3) is 11.1 Å². The van der Waals surface area contributed by atoms with Crippen molar-refractivity contribution in [2.75, 3.05) is 13.2 Å². The lowest BCUT2D eigenvalue weighted by molar-refractivity contribution is -0.137. The molecule has 1 atom stereocenters. The third kappa shape index (κ3) is 6.00. The molecule has 3 N–H and O–H groups in total. The molecule has 2 aromatic rings. The Hall–Kier alpha value is -3.55. The molecule has 0 aromatic heterocycles. The number of fused-ring (bicyclic) bond motifs is 3. The monoisotopic (exact) mass is 440 g/mol. The zero-order valence-corrected chi connectivity index (χ0v) is 18.4. The smallest absolute Gasteiger partial charge is 0.407 e. The van der Waals surface area contributed by atoms with Crippen LogP contribution in [0.2, 0.25) is 0 Å². The fourth-order valence-electron chi connectivity index (χ4n) is 3.71. The molecular weight excluding hydrogens is 412 g/mol. The summed E-state index contributed by atoms with van der Waals surface area (Å²) in [7, 11) is 0. The van der Waals surface area contributed by atoms with Gasteiger partial charge in [-0.1, -0.05) is 48.5 Å². The molecule has 0 bridgehead atoms. The van der Waals surface area contributed by atoms with Crippen molar-refractivity contribution in [2.24, 2.45) is 0 Å². The zero-order chi connectivity index (χ0) is 23.3. The molecular formula is C24H28N2O6. The van der Waals surface area contributed by atoms with Crippen LogP contribution in [0.5, 0.6) is 0 Å². The molecule has 0 saturated heterocycles. The first-order valence-electron chi connectivity index (χ1n) is 10.4. The number of hydrogen-bond acceptors (Lipinski definition) is 5. The Morgan fingerprint density at radius 2 is 1.53 bits per heavy atom. The Bertz CT molecular complexity index is 952. The minimum atomic E-state index is -1.11. The quantitative estimate of drug-likeness (QED) is 0.602. The lowest BCUT2D eigenvalue weighted by Gasteiger charge is -2.22. The van der Waals surface area contributed by atoms with E-state index in [1.165, 1.54) is 0 Å². The van der Waals surface area contributed by atoms with E-state index in [1.54, 1.807) is 20.8 Å². The van der Waals surface area contributed by atoms with Crippen molar-refractivity contribution in [3.05, 3.63) is 59.7 Å². The highest BCUT2D eigenvalue weighted by molar-refractivity contribution is 5.79. The van der Waals surface area contributed by atoms with E-state index in [-0.39, 0.29) is 25.5 Å². The predicted molar refractivity (Wildman–Crippen MR) is 118 cm³/mol. The fourth-order valence-corrected chi connectivity index (χ4v) is 3.71. The van der Waals surface area contributed by atoms with Gasteiger partial charge in [0, 0.05) is 12.5 Å². The van der Waals surface area contributed by atoms with E-state index < -0.39 is 29.8 Å². The van der Waals surface area contributed by atoms with Gasteiger partial charge < -0.3 is 25.2 Å². The number of benzene rings is 2. The molecule has 2 aromatic carbocycles. The van der Waals surface area contributed by atoms with Crippen molar-refractivity contribution in [3.63, 3.8) is 0 Å². The molecule has 8 nitrogen and oxygen atoms in total. The molecule has 0 aliphatic heterocycles. The van der Waals surface area contributed by atoms with Crippen LogP contribution in [0.15, 0.2) is 48.5 Å². The topological polar surface area (TPSA) is 114 Å². The summed E-state index contributed by atoms with van der Waals surface area (Å²) in [6.07, 6.45) is -1.81. The normalized spacial score (nSPS) is 13.5. The van der Waals surface area contributed by atoms with Gasteiger partial charge in [0.2, 0.25) is 0 Å². The molecule has 1 aliphatic carbocycles. The van der Waals surface area contributed by atoms with Crippen LogP contribution in [-0.2, 0) is 14.3 Å². The van der Waals surface area contributed by atoms with Crippen molar-refractivity contribution < 1.29 is 29.0 Å². The van der Waals surface area contributed by atoms with E-state index in [0.29, 0.717) is 0 Å². The molecule has 3 rings (SSSR count). The zero-order valence-electron chi connectivity index (χ0n) is 18.4. The molecule has 170 valence electrons. The van der Waals surface area contributed by atoms with Gasteiger partial charge in [0.15, 0.2) is 0 Å². The lowest BCUT2D eigenvalue weighted by atomic mass is 9.98. The number of carbonyl (C=O) groups excluding carboxylic acids is 2. The van der Waals surface area contributed by atoms with Gasteiger partial charge in [0.05, 0.1) is 12.5 Å². The lowest BCUT2D eigenvalue weighted by Crippen LogP contribution is -2.46. The summed E-state index contributed by atoms with van der Waals surface area (Å²) in [5.74, 6) is -1.22. The molecule has 2 amide bonds. The first-order valence-corrected chi connectivity index (χ1v) is 10.4. The SMILES string of the molecule is CC(C)(C)OC(=O)NC[C@H](CC(=O)O)NC(=O)OCC1c2ccccc2-c2ccccc21. The number of aliphatic carboxylic acids is 1. The largest absolute Gasteiger partial charge is 0.481 e. The van der Waals surface area contributed by atoms with Gasteiger partial charge >= 0.3 is 18.2 Å². The van der Waals surface area contributed by atoms with Crippen molar-refractivity contribution >= 4 is 18.2 Å². The minimum Gasteiger partial charge on any atom is -0.481 e. The molecule has 0 heterocycles. The minimum absolute atomic E-state index is 0.106.